The number of esters is 1. The van der Waals surface area contributed by atoms with Crippen LogP contribution in [0.5, 0.6) is 5.75 Å². The van der Waals surface area contributed by atoms with E-state index in [1.165, 1.54) is 12.3 Å². The van der Waals surface area contributed by atoms with Crippen LogP contribution in [0.2, 0.25) is 10.0 Å². The molecule has 0 aliphatic carbocycles. The van der Waals surface area contributed by atoms with Gasteiger partial charge in [0.1, 0.15) is 11.8 Å². The van der Waals surface area contributed by atoms with Crippen molar-refractivity contribution < 1.29 is 23.9 Å². The van der Waals surface area contributed by atoms with Gasteiger partial charge in [-0.2, -0.15) is 5.10 Å². The number of hydrazone groups is 1. The van der Waals surface area contributed by atoms with Gasteiger partial charge in [-0.05, 0) is 62.1 Å². The molecule has 8 nitrogen and oxygen atoms in total. The van der Waals surface area contributed by atoms with Gasteiger partial charge in [0.25, 0.3) is 11.8 Å². The molecule has 0 fully saturated rings. The molecule has 0 aliphatic heterocycles. The summed E-state index contributed by atoms with van der Waals surface area (Å²) in [6, 6.07) is 10.4. The average Bonchev–Trinajstić information content (AvgIpc) is 2.80. The standard InChI is InChI=1S/C25H29Cl2N3O5/c1-5-34-25(33)18-8-6-17(7-9-18)14-28-30-24(32)21(12-15(2)3)29-23(31)16(4)35-22-11-10-19(26)13-20(22)27/h6-11,13-16,21H,5,12H2,1-4H3,(H,29,31)(H,30,32)/b28-14-/t16-,21+/m1/s1. The molecule has 2 N–H and O–H groups in total. The molecule has 0 saturated heterocycles. The van der Waals surface area contributed by atoms with Gasteiger partial charge in [-0.1, -0.05) is 49.2 Å². The number of amides is 2. The van der Waals surface area contributed by atoms with Crippen LogP contribution in [0.3, 0.4) is 0 Å². The van der Waals surface area contributed by atoms with Crippen molar-refractivity contribution in [3.8, 4) is 5.75 Å². The Morgan fingerprint density at radius 2 is 1.71 bits per heavy atom. The van der Waals surface area contributed by atoms with E-state index < -0.39 is 29.9 Å². The fourth-order valence-electron chi connectivity index (χ4n) is 2.97. The molecule has 0 aromatic heterocycles. The lowest BCUT2D eigenvalue weighted by Gasteiger charge is -2.22. The normalized spacial score (nSPS) is 12.8. The lowest BCUT2D eigenvalue weighted by Crippen LogP contribution is -2.49. The van der Waals surface area contributed by atoms with E-state index in [-0.39, 0.29) is 10.9 Å². The predicted molar refractivity (Wildman–Crippen MR) is 136 cm³/mol. The highest BCUT2D eigenvalue weighted by atomic mass is 35.5. The number of ether oxygens (including phenoxy) is 2. The topological polar surface area (TPSA) is 106 Å². The monoisotopic (exact) mass is 521 g/mol. The minimum Gasteiger partial charge on any atom is -0.479 e. The maximum Gasteiger partial charge on any atom is 0.338 e. The first-order valence-electron chi connectivity index (χ1n) is 11.1. The summed E-state index contributed by atoms with van der Waals surface area (Å²) < 4.78 is 10.6. The molecule has 2 rings (SSSR count). The molecule has 0 heterocycles. The van der Waals surface area contributed by atoms with Gasteiger partial charge < -0.3 is 14.8 Å². The van der Waals surface area contributed by atoms with Gasteiger partial charge in [-0.25, -0.2) is 10.2 Å². The first kappa shape index (κ1) is 28.1. The molecule has 35 heavy (non-hydrogen) atoms. The summed E-state index contributed by atoms with van der Waals surface area (Å²) in [6.45, 7) is 7.46. The van der Waals surface area contributed by atoms with Gasteiger partial charge in [-0.15, -0.1) is 0 Å². The van der Waals surface area contributed by atoms with Crippen LogP contribution in [0.25, 0.3) is 0 Å². The van der Waals surface area contributed by atoms with E-state index in [0.717, 1.165) is 0 Å². The maximum atomic E-state index is 12.7. The van der Waals surface area contributed by atoms with Crippen molar-refractivity contribution in [2.24, 2.45) is 11.0 Å². The van der Waals surface area contributed by atoms with Crippen LogP contribution < -0.4 is 15.5 Å². The van der Waals surface area contributed by atoms with Gasteiger partial charge in [0, 0.05) is 5.02 Å². The van der Waals surface area contributed by atoms with Gasteiger partial charge in [0.15, 0.2) is 6.10 Å². The van der Waals surface area contributed by atoms with Crippen molar-refractivity contribution >= 4 is 47.2 Å². The third-order valence-corrected chi connectivity index (χ3v) is 5.25. The molecule has 2 aromatic rings. The Hall–Kier alpha value is -3.10. The van der Waals surface area contributed by atoms with E-state index in [4.69, 9.17) is 32.7 Å². The van der Waals surface area contributed by atoms with E-state index in [1.54, 1.807) is 50.2 Å². The second-order valence-corrected chi connectivity index (χ2v) is 8.95. The molecule has 0 bridgehead atoms. The van der Waals surface area contributed by atoms with Crippen molar-refractivity contribution in [2.75, 3.05) is 6.61 Å². The molecule has 0 unspecified atom stereocenters. The van der Waals surface area contributed by atoms with Crippen LogP contribution in [-0.2, 0) is 14.3 Å². The SMILES string of the molecule is CCOC(=O)c1ccc(/C=N\NC(=O)[C@H](CC(C)C)NC(=O)[C@@H](C)Oc2ccc(Cl)cc2Cl)cc1. The molecule has 10 heteroatoms. The molecule has 2 amide bonds. The number of nitrogens with one attached hydrogen (secondary N) is 2. The second-order valence-electron chi connectivity index (χ2n) is 8.10. The summed E-state index contributed by atoms with van der Waals surface area (Å²) in [6.07, 6.45) is 0.933. The minimum absolute atomic E-state index is 0.132. The second kappa shape index (κ2) is 13.7. The molecule has 0 radical (unpaired) electrons. The Labute approximate surface area is 215 Å². The summed E-state index contributed by atoms with van der Waals surface area (Å²) in [5.74, 6) is -0.916. The van der Waals surface area contributed by atoms with Crippen molar-refractivity contribution in [2.45, 2.75) is 46.3 Å². The molecule has 188 valence electrons. The zero-order valence-electron chi connectivity index (χ0n) is 20.0. The van der Waals surface area contributed by atoms with Crippen molar-refractivity contribution in [3.63, 3.8) is 0 Å². The molecular formula is C25H29Cl2N3O5. The highest BCUT2D eigenvalue weighted by Crippen LogP contribution is 2.28. The first-order valence-corrected chi connectivity index (χ1v) is 11.9. The Morgan fingerprint density at radius 1 is 1.03 bits per heavy atom. The molecule has 0 aliphatic rings. The highest BCUT2D eigenvalue weighted by Gasteiger charge is 2.25. The predicted octanol–water partition coefficient (Wildman–Crippen LogP) is 4.62. The molecule has 0 saturated carbocycles. The number of rotatable bonds is 11. The van der Waals surface area contributed by atoms with Crippen LogP contribution in [0.4, 0.5) is 0 Å². The number of nitrogens with zero attached hydrogens (tertiary/aromatic N) is 1. The van der Waals surface area contributed by atoms with Gasteiger partial charge in [-0.3, -0.25) is 9.59 Å². The van der Waals surface area contributed by atoms with Crippen LogP contribution >= 0.6 is 23.2 Å². The van der Waals surface area contributed by atoms with E-state index in [9.17, 15) is 14.4 Å². The lowest BCUT2D eigenvalue weighted by atomic mass is 10.0. The summed E-state index contributed by atoms with van der Waals surface area (Å²) in [7, 11) is 0. The third kappa shape index (κ3) is 9.22. The van der Waals surface area contributed by atoms with E-state index >= 15 is 0 Å². The Bertz CT molecular complexity index is 1060. The Morgan fingerprint density at radius 3 is 2.31 bits per heavy atom. The van der Waals surface area contributed by atoms with Crippen molar-refractivity contribution in [1.82, 2.24) is 10.7 Å². The van der Waals surface area contributed by atoms with E-state index in [2.05, 4.69) is 15.8 Å². The lowest BCUT2D eigenvalue weighted by molar-refractivity contribution is -0.132. The number of hydrogen-bond donors (Lipinski definition) is 2. The fourth-order valence-corrected chi connectivity index (χ4v) is 3.43. The first-order chi connectivity index (χ1) is 16.6. The number of hydrogen-bond acceptors (Lipinski definition) is 6. The Kier molecular flexibility index (Phi) is 11.0. The van der Waals surface area contributed by atoms with E-state index in [0.29, 0.717) is 34.9 Å². The number of carbonyl (C=O) groups excluding carboxylic acids is 3. The van der Waals surface area contributed by atoms with Crippen molar-refractivity contribution in [1.29, 1.82) is 0 Å². The Balaban J connectivity index is 1.98. The van der Waals surface area contributed by atoms with Crippen LogP contribution in [0.15, 0.2) is 47.6 Å². The van der Waals surface area contributed by atoms with Gasteiger partial charge >= 0.3 is 5.97 Å². The van der Waals surface area contributed by atoms with E-state index in [1.807, 2.05) is 13.8 Å². The van der Waals surface area contributed by atoms with Crippen molar-refractivity contribution in [3.05, 3.63) is 63.6 Å². The summed E-state index contributed by atoms with van der Waals surface area (Å²) >= 11 is 12.0. The zero-order chi connectivity index (χ0) is 26.0. The fraction of sp³-hybridized carbons (Fsp3) is 0.360. The molecule has 0 spiro atoms. The maximum absolute atomic E-state index is 12.7. The molecule has 2 aromatic carbocycles. The summed E-state index contributed by atoms with van der Waals surface area (Å²) in [5, 5.41) is 7.40. The van der Waals surface area contributed by atoms with Crippen LogP contribution in [0.1, 0.15) is 50.0 Å². The largest absolute Gasteiger partial charge is 0.479 e. The number of carbonyl (C=O) groups is 3. The van der Waals surface area contributed by atoms with Gasteiger partial charge in [0.05, 0.1) is 23.4 Å². The van der Waals surface area contributed by atoms with Gasteiger partial charge in [0.2, 0.25) is 0 Å². The molecule has 2 atom stereocenters. The number of benzene rings is 2. The number of halogens is 2. The average molecular weight is 522 g/mol. The highest BCUT2D eigenvalue weighted by molar-refractivity contribution is 6.35. The van der Waals surface area contributed by atoms with Crippen LogP contribution in [0, 0.1) is 5.92 Å². The third-order valence-electron chi connectivity index (χ3n) is 4.72. The smallest absolute Gasteiger partial charge is 0.338 e. The quantitative estimate of drug-likeness (QED) is 0.255. The van der Waals surface area contributed by atoms with Crippen LogP contribution in [-0.4, -0.2) is 42.8 Å². The zero-order valence-corrected chi connectivity index (χ0v) is 21.5. The minimum atomic E-state index is -0.905. The summed E-state index contributed by atoms with van der Waals surface area (Å²) in [5.41, 5.74) is 3.54. The summed E-state index contributed by atoms with van der Waals surface area (Å²) in [4.78, 5) is 37.1. The molecular weight excluding hydrogens is 493 g/mol.